The first-order chi connectivity index (χ1) is 11.6. The summed E-state index contributed by atoms with van der Waals surface area (Å²) in [5.41, 5.74) is 3.69. The van der Waals surface area contributed by atoms with Gasteiger partial charge in [0, 0.05) is 50.5 Å². The number of aromatic amines is 1. The lowest BCUT2D eigenvalue weighted by Gasteiger charge is -2.38. The molecule has 2 aliphatic heterocycles. The molecule has 2 aromatic rings. The molecule has 4 nitrogen and oxygen atoms in total. The number of aromatic nitrogens is 1. The van der Waals surface area contributed by atoms with Crippen LogP contribution in [0, 0.1) is 6.92 Å². The predicted octanol–water partition coefficient (Wildman–Crippen LogP) is 3.36. The van der Waals surface area contributed by atoms with E-state index in [0.29, 0.717) is 0 Å². The van der Waals surface area contributed by atoms with E-state index in [-0.39, 0.29) is 4.75 Å². The largest absolute Gasteiger partial charge is 0.496 e. The number of piperidine rings is 1. The number of ether oxygens (including phenoxy) is 1. The second-order valence-electron chi connectivity index (χ2n) is 7.25. The highest BCUT2D eigenvalue weighted by atomic mass is 32.2. The van der Waals surface area contributed by atoms with Crippen molar-refractivity contribution in [2.24, 2.45) is 0 Å². The fourth-order valence-electron chi connectivity index (χ4n) is 4.46. The van der Waals surface area contributed by atoms with Crippen molar-refractivity contribution >= 4 is 21.7 Å². The Bertz CT molecular complexity index is 775. The SMILES string of the molecule is COc1cc(C)c2[nH]ccc2c1CN1CCC2(CCCS2=O)CC1. The number of fused-ring (bicyclic) bond motifs is 1. The lowest BCUT2D eigenvalue weighted by molar-refractivity contribution is 0.188. The maximum atomic E-state index is 12.4. The number of benzene rings is 1. The lowest BCUT2D eigenvalue weighted by atomic mass is 9.91. The standard InChI is InChI=1S/C19H26N2O2S/c1-14-12-17(23-2)16(15-4-8-20-18(14)15)13-21-9-6-19(7-10-21)5-3-11-24(19)22/h4,8,12,20H,3,5-7,9-11,13H2,1-2H3. The summed E-state index contributed by atoms with van der Waals surface area (Å²) < 4.78 is 18.2. The molecular weight excluding hydrogens is 320 g/mol. The monoisotopic (exact) mass is 346 g/mol. The zero-order valence-corrected chi connectivity index (χ0v) is 15.4. The maximum Gasteiger partial charge on any atom is 0.124 e. The highest BCUT2D eigenvalue weighted by Crippen LogP contribution is 2.39. The van der Waals surface area contributed by atoms with Crippen LogP contribution < -0.4 is 4.74 Å². The Balaban J connectivity index is 1.56. The van der Waals surface area contributed by atoms with Gasteiger partial charge in [-0.05, 0) is 63.4 Å². The average Bonchev–Trinajstić information content (AvgIpc) is 3.21. The molecule has 1 atom stereocenters. The number of rotatable bonds is 3. The third-order valence-corrected chi connectivity index (χ3v) is 8.16. The number of nitrogens with one attached hydrogen (secondary N) is 1. The summed E-state index contributed by atoms with van der Waals surface area (Å²) in [5, 5.41) is 1.26. The van der Waals surface area contributed by atoms with Crippen molar-refractivity contribution in [1.82, 2.24) is 9.88 Å². The molecule has 1 aromatic heterocycles. The molecule has 0 aliphatic carbocycles. The van der Waals surface area contributed by atoms with E-state index in [0.717, 1.165) is 56.8 Å². The van der Waals surface area contributed by atoms with E-state index in [1.165, 1.54) is 22.0 Å². The van der Waals surface area contributed by atoms with Crippen LogP contribution in [-0.4, -0.2) is 44.8 Å². The van der Waals surface area contributed by atoms with Crippen LogP contribution in [0.3, 0.4) is 0 Å². The minimum atomic E-state index is -0.611. The van der Waals surface area contributed by atoms with Crippen molar-refractivity contribution in [2.75, 3.05) is 26.0 Å². The molecule has 4 rings (SSSR count). The van der Waals surface area contributed by atoms with Crippen molar-refractivity contribution in [3.63, 3.8) is 0 Å². The summed E-state index contributed by atoms with van der Waals surface area (Å²) in [6.07, 6.45) is 6.45. The fourth-order valence-corrected chi connectivity index (χ4v) is 6.31. The van der Waals surface area contributed by atoms with E-state index in [4.69, 9.17) is 4.74 Å². The normalized spacial score (nSPS) is 24.0. The van der Waals surface area contributed by atoms with Crippen LogP contribution in [0.1, 0.15) is 36.8 Å². The van der Waals surface area contributed by atoms with Gasteiger partial charge in [0.15, 0.2) is 0 Å². The molecular formula is C19H26N2O2S. The van der Waals surface area contributed by atoms with E-state index in [1.807, 2.05) is 6.20 Å². The summed E-state index contributed by atoms with van der Waals surface area (Å²) in [7, 11) is 1.14. The van der Waals surface area contributed by atoms with Gasteiger partial charge < -0.3 is 9.72 Å². The zero-order chi connectivity index (χ0) is 16.7. The summed E-state index contributed by atoms with van der Waals surface area (Å²) in [4.78, 5) is 5.85. The Morgan fingerprint density at radius 2 is 2.12 bits per heavy atom. The summed E-state index contributed by atoms with van der Waals surface area (Å²) in [5.74, 6) is 1.89. The molecule has 0 saturated carbocycles. The molecule has 5 heteroatoms. The van der Waals surface area contributed by atoms with E-state index in [2.05, 4.69) is 28.9 Å². The summed E-state index contributed by atoms with van der Waals surface area (Å²) >= 11 is 0. The average molecular weight is 346 g/mol. The zero-order valence-electron chi connectivity index (χ0n) is 14.6. The van der Waals surface area contributed by atoms with Crippen molar-refractivity contribution < 1.29 is 8.95 Å². The molecule has 0 radical (unpaired) electrons. The molecule has 0 bridgehead atoms. The third-order valence-electron chi connectivity index (χ3n) is 5.93. The fraction of sp³-hybridized carbons (Fsp3) is 0.579. The van der Waals surface area contributed by atoms with Crippen LogP contribution in [-0.2, 0) is 17.3 Å². The number of likely N-dealkylation sites (tertiary alicyclic amines) is 1. The van der Waals surface area contributed by atoms with Crippen molar-refractivity contribution in [3.05, 3.63) is 29.5 Å². The van der Waals surface area contributed by atoms with Crippen molar-refractivity contribution in [2.45, 2.75) is 43.9 Å². The highest BCUT2D eigenvalue weighted by Gasteiger charge is 2.43. The van der Waals surface area contributed by atoms with Gasteiger partial charge in [-0.15, -0.1) is 0 Å². The molecule has 1 unspecified atom stereocenters. The third kappa shape index (κ3) is 2.58. The van der Waals surface area contributed by atoms with Gasteiger partial charge >= 0.3 is 0 Å². The minimum Gasteiger partial charge on any atom is -0.496 e. The molecule has 2 fully saturated rings. The van der Waals surface area contributed by atoms with Crippen molar-refractivity contribution in [1.29, 1.82) is 0 Å². The molecule has 1 spiro atoms. The quantitative estimate of drug-likeness (QED) is 0.927. The maximum absolute atomic E-state index is 12.4. The highest BCUT2D eigenvalue weighted by molar-refractivity contribution is 7.86. The summed E-state index contributed by atoms with van der Waals surface area (Å²) in [6.45, 7) is 5.09. The lowest BCUT2D eigenvalue weighted by Crippen LogP contribution is -2.44. The van der Waals surface area contributed by atoms with Crippen LogP contribution in [0.15, 0.2) is 18.3 Å². The first kappa shape index (κ1) is 16.2. The van der Waals surface area contributed by atoms with E-state index < -0.39 is 10.8 Å². The number of methoxy groups -OCH3 is 1. The van der Waals surface area contributed by atoms with Gasteiger partial charge in [-0.3, -0.25) is 9.11 Å². The second kappa shape index (κ2) is 6.19. The van der Waals surface area contributed by atoms with Gasteiger partial charge in [0.05, 0.1) is 7.11 Å². The van der Waals surface area contributed by atoms with Crippen LogP contribution >= 0.6 is 0 Å². The molecule has 130 valence electrons. The van der Waals surface area contributed by atoms with E-state index >= 15 is 0 Å². The van der Waals surface area contributed by atoms with Crippen LogP contribution in [0.2, 0.25) is 0 Å². The molecule has 2 saturated heterocycles. The first-order valence-electron chi connectivity index (χ1n) is 8.87. The van der Waals surface area contributed by atoms with Gasteiger partial charge in [0.2, 0.25) is 0 Å². The molecule has 1 aromatic carbocycles. The molecule has 1 N–H and O–H groups in total. The minimum absolute atomic E-state index is 0.122. The number of hydrogen-bond donors (Lipinski definition) is 1. The first-order valence-corrected chi connectivity index (χ1v) is 10.2. The Labute approximate surface area is 146 Å². The van der Waals surface area contributed by atoms with Gasteiger partial charge in [0.25, 0.3) is 0 Å². The van der Waals surface area contributed by atoms with Crippen LogP contribution in [0.5, 0.6) is 5.75 Å². The molecule has 0 amide bonds. The number of nitrogens with zero attached hydrogens (tertiary/aromatic N) is 1. The molecule has 3 heterocycles. The number of H-pyrrole nitrogens is 1. The Hall–Kier alpha value is -1.33. The van der Waals surface area contributed by atoms with Crippen LogP contribution in [0.4, 0.5) is 0 Å². The van der Waals surface area contributed by atoms with Gasteiger partial charge in [-0.2, -0.15) is 0 Å². The Morgan fingerprint density at radius 3 is 2.79 bits per heavy atom. The Kier molecular flexibility index (Phi) is 4.17. The van der Waals surface area contributed by atoms with Gasteiger partial charge in [-0.1, -0.05) is 0 Å². The van der Waals surface area contributed by atoms with Crippen molar-refractivity contribution in [3.8, 4) is 5.75 Å². The second-order valence-corrected chi connectivity index (χ2v) is 9.22. The van der Waals surface area contributed by atoms with Crippen LogP contribution in [0.25, 0.3) is 10.9 Å². The van der Waals surface area contributed by atoms with Gasteiger partial charge in [-0.25, -0.2) is 0 Å². The van der Waals surface area contributed by atoms with Gasteiger partial charge in [0.1, 0.15) is 5.75 Å². The van der Waals surface area contributed by atoms with E-state index in [1.54, 1.807) is 7.11 Å². The smallest absolute Gasteiger partial charge is 0.124 e. The molecule has 24 heavy (non-hydrogen) atoms. The summed E-state index contributed by atoms with van der Waals surface area (Å²) in [6, 6.07) is 4.28. The Morgan fingerprint density at radius 1 is 1.33 bits per heavy atom. The number of aryl methyl sites for hydroxylation is 1. The number of hydrogen-bond acceptors (Lipinski definition) is 3. The molecule has 2 aliphatic rings. The predicted molar refractivity (Wildman–Crippen MR) is 99.1 cm³/mol. The van der Waals surface area contributed by atoms with E-state index in [9.17, 15) is 4.21 Å². The topological polar surface area (TPSA) is 45.3 Å².